The van der Waals surface area contributed by atoms with Crippen LogP contribution in [0, 0.1) is 0 Å². The number of aromatic nitrogens is 2. The van der Waals surface area contributed by atoms with Gasteiger partial charge in [-0.05, 0) is 61.2 Å². The van der Waals surface area contributed by atoms with E-state index >= 15 is 0 Å². The first-order chi connectivity index (χ1) is 17.6. The number of Topliss-reactive ketones (excluding diaryl/α,β-unsaturated/α-hetero) is 1. The highest BCUT2D eigenvalue weighted by atomic mass is 16.3. The number of benzene rings is 2. The van der Waals surface area contributed by atoms with Crippen LogP contribution in [0.1, 0.15) is 36.4 Å². The van der Waals surface area contributed by atoms with Crippen molar-refractivity contribution in [3.8, 4) is 0 Å². The number of amides is 1. The number of carbonyl (C=O) groups excluding carboxylic acids is 2. The highest BCUT2D eigenvalue weighted by Gasteiger charge is 2.47. The number of nitrogens with zero attached hydrogens (tertiary/aromatic N) is 3. The Balaban J connectivity index is 1.47. The zero-order chi connectivity index (χ0) is 24.6. The zero-order valence-electron chi connectivity index (χ0n) is 19.7. The largest absolute Gasteiger partial charge is 0.507 e. The first kappa shape index (κ1) is 22.1. The molecule has 1 amide bonds. The number of nitrogens with one attached hydrogen (secondary N) is 1. The number of carbonyl (C=O) groups is 2. The molecule has 1 atom stereocenters. The summed E-state index contributed by atoms with van der Waals surface area (Å²) in [5, 5.41) is 12.2. The van der Waals surface area contributed by atoms with Crippen molar-refractivity contribution in [3.05, 3.63) is 96.0 Å². The summed E-state index contributed by atoms with van der Waals surface area (Å²) in [4.78, 5) is 38.0. The Hall–Kier alpha value is -4.39. The second kappa shape index (κ2) is 9.00. The number of aliphatic hydroxyl groups excluding tert-OH is 1. The quantitative estimate of drug-likeness (QED) is 0.240. The molecule has 2 aromatic heterocycles. The fourth-order valence-corrected chi connectivity index (χ4v) is 5.34. The van der Waals surface area contributed by atoms with Gasteiger partial charge in [-0.1, -0.05) is 24.3 Å². The van der Waals surface area contributed by atoms with E-state index in [-0.39, 0.29) is 11.3 Å². The summed E-state index contributed by atoms with van der Waals surface area (Å²) in [6.07, 6.45) is 8.54. The van der Waals surface area contributed by atoms with Crippen LogP contribution in [-0.4, -0.2) is 39.9 Å². The van der Waals surface area contributed by atoms with E-state index in [1.54, 1.807) is 24.7 Å². The van der Waals surface area contributed by atoms with Gasteiger partial charge in [0.2, 0.25) is 0 Å². The minimum atomic E-state index is -0.798. The van der Waals surface area contributed by atoms with Gasteiger partial charge in [0.15, 0.2) is 0 Å². The Bertz CT molecular complexity index is 1470. The second-order valence-corrected chi connectivity index (χ2v) is 9.27. The lowest BCUT2D eigenvalue weighted by Gasteiger charge is -2.30. The minimum Gasteiger partial charge on any atom is -0.507 e. The minimum absolute atomic E-state index is 0.0536. The maximum absolute atomic E-state index is 13.4. The van der Waals surface area contributed by atoms with Crippen LogP contribution in [-0.2, 0) is 9.59 Å². The van der Waals surface area contributed by atoms with Crippen molar-refractivity contribution in [3.63, 3.8) is 0 Å². The lowest BCUT2D eigenvalue weighted by atomic mass is 9.96. The predicted molar refractivity (Wildman–Crippen MR) is 140 cm³/mol. The molecule has 4 heterocycles. The van der Waals surface area contributed by atoms with Gasteiger partial charge in [0.1, 0.15) is 5.76 Å². The zero-order valence-corrected chi connectivity index (χ0v) is 19.7. The van der Waals surface area contributed by atoms with E-state index in [9.17, 15) is 14.7 Å². The first-order valence-corrected chi connectivity index (χ1v) is 12.3. The molecule has 2 saturated heterocycles. The third kappa shape index (κ3) is 3.64. The summed E-state index contributed by atoms with van der Waals surface area (Å²) in [6.45, 7) is 2.04. The average molecular weight is 479 g/mol. The van der Waals surface area contributed by atoms with Gasteiger partial charge in [-0.2, -0.15) is 0 Å². The Labute approximate surface area is 208 Å². The standard InChI is InChI=1S/C29H26N4O3/c34-27(23-18-31-24-9-3-2-8-22(23)24)25-26(19-7-6-14-30-17-19)33(29(36)28(25)35)21-12-10-20(11-13-21)32-15-4-1-5-16-32/h2-3,6-14,17-18,26,31,34H,1,4-5,15-16H2/b27-25-. The maximum Gasteiger partial charge on any atom is 0.300 e. The normalized spacial score (nSPS) is 19.8. The van der Waals surface area contributed by atoms with Gasteiger partial charge < -0.3 is 15.0 Å². The number of piperidine rings is 1. The molecule has 0 radical (unpaired) electrons. The molecule has 0 spiro atoms. The number of fused-ring (bicyclic) bond motifs is 1. The smallest absolute Gasteiger partial charge is 0.300 e. The molecule has 2 N–H and O–H groups in total. The van der Waals surface area contributed by atoms with Crippen molar-refractivity contribution in [1.29, 1.82) is 0 Å². The van der Waals surface area contributed by atoms with Crippen molar-refractivity contribution >= 4 is 39.7 Å². The van der Waals surface area contributed by atoms with Gasteiger partial charge in [-0.15, -0.1) is 0 Å². The topological polar surface area (TPSA) is 89.5 Å². The van der Waals surface area contributed by atoms with E-state index in [4.69, 9.17) is 0 Å². The van der Waals surface area contributed by atoms with Gasteiger partial charge in [0.25, 0.3) is 11.7 Å². The SMILES string of the molecule is O=C1C(=O)N(c2ccc(N3CCCCC3)cc2)C(c2cccnc2)/C1=C(/O)c1c[nH]c2ccccc12. The number of pyridine rings is 1. The number of ketones is 1. The maximum atomic E-state index is 13.4. The van der Waals surface area contributed by atoms with Crippen LogP contribution in [0.5, 0.6) is 0 Å². The molecular formula is C29H26N4O3. The molecular weight excluding hydrogens is 452 g/mol. The van der Waals surface area contributed by atoms with E-state index in [1.165, 1.54) is 24.2 Å². The highest BCUT2D eigenvalue weighted by molar-refractivity contribution is 6.51. The summed E-state index contributed by atoms with van der Waals surface area (Å²) in [6, 6.07) is 18.1. The summed E-state index contributed by atoms with van der Waals surface area (Å²) in [7, 11) is 0. The van der Waals surface area contributed by atoms with E-state index in [2.05, 4.69) is 14.9 Å². The summed E-state index contributed by atoms with van der Waals surface area (Å²) in [5.41, 5.74) is 3.73. The third-order valence-electron chi connectivity index (χ3n) is 7.14. The van der Waals surface area contributed by atoms with Gasteiger partial charge in [-0.3, -0.25) is 19.5 Å². The third-order valence-corrected chi connectivity index (χ3v) is 7.14. The summed E-state index contributed by atoms with van der Waals surface area (Å²) >= 11 is 0. The molecule has 0 aliphatic carbocycles. The number of rotatable bonds is 4. The van der Waals surface area contributed by atoms with E-state index in [0.29, 0.717) is 16.8 Å². The van der Waals surface area contributed by atoms with E-state index in [1.807, 2.05) is 54.6 Å². The lowest BCUT2D eigenvalue weighted by molar-refractivity contribution is -0.132. The van der Waals surface area contributed by atoms with Gasteiger partial charge in [0.05, 0.1) is 11.6 Å². The molecule has 180 valence electrons. The fourth-order valence-electron chi connectivity index (χ4n) is 5.34. The average Bonchev–Trinajstić information content (AvgIpc) is 3.48. The van der Waals surface area contributed by atoms with Crippen molar-refractivity contribution in [2.45, 2.75) is 25.3 Å². The van der Waals surface area contributed by atoms with E-state index in [0.717, 1.165) is 29.7 Å². The number of H-pyrrole nitrogens is 1. The molecule has 4 aromatic rings. The molecule has 2 aliphatic rings. The van der Waals surface area contributed by atoms with E-state index < -0.39 is 17.7 Å². The Morgan fingerprint density at radius 2 is 1.67 bits per heavy atom. The Morgan fingerprint density at radius 1 is 0.917 bits per heavy atom. The first-order valence-electron chi connectivity index (χ1n) is 12.3. The van der Waals surface area contributed by atoms with Gasteiger partial charge >= 0.3 is 0 Å². The molecule has 6 rings (SSSR count). The number of anilines is 2. The van der Waals surface area contributed by atoms with Crippen LogP contribution in [0.2, 0.25) is 0 Å². The van der Waals surface area contributed by atoms with Crippen LogP contribution in [0.3, 0.4) is 0 Å². The van der Waals surface area contributed by atoms with Crippen LogP contribution in [0.4, 0.5) is 11.4 Å². The molecule has 7 nitrogen and oxygen atoms in total. The predicted octanol–water partition coefficient (Wildman–Crippen LogP) is 5.18. The monoisotopic (exact) mass is 478 g/mol. The molecule has 0 saturated carbocycles. The molecule has 2 fully saturated rings. The number of aromatic amines is 1. The number of aliphatic hydroxyl groups is 1. The fraction of sp³-hybridized carbons (Fsp3) is 0.207. The molecule has 2 aliphatic heterocycles. The number of hydrogen-bond donors (Lipinski definition) is 2. The Morgan fingerprint density at radius 3 is 2.42 bits per heavy atom. The van der Waals surface area contributed by atoms with Gasteiger partial charge in [-0.25, -0.2) is 0 Å². The number of hydrogen-bond acceptors (Lipinski definition) is 5. The second-order valence-electron chi connectivity index (χ2n) is 9.27. The van der Waals surface area contributed by atoms with Crippen LogP contribution in [0.15, 0.2) is 84.8 Å². The lowest BCUT2D eigenvalue weighted by Crippen LogP contribution is -2.30. The molecule has 1 unspecified atom stereocenters. The van der Waals surface area contributed by atoms with Crippen LogP contribution < -0.4 is 9.80 Å². The van der Waals surface area contributed by atoms with Crippen molar-refractivity contribution in [1.82, 2.24) is 9.97 Å². The van der Waals surface area contributed by atoms with Gasteiger partial charge in [0, 0.05) is 59.5 Å². The molecule has 0 bridgehead atoms. The number of para-hydroxylation sites is 1. The van der Waals surface area contributed by atoms with Crippen LogP contribution in [0.25, 0.3) is 16.7 Å². The molecule has 7 heteroatoms. The Kier molecular flexibility index (Phi) is 5.52. The summed E-state index contributed by atoms with van der Waals surface area (Å²) < 4.78 is 0. The molecule has 2 aromatic carbocycles. The van der Waals surface area contributed by atoms with Crippen molar-refractivity contribution in [2.75, 3.05) is 22.9 Å². The summed E-state index contributed by atoms with van der Waals surface area (Å²) in [5.74, 6) is -1.59. The highest BCUT2D eigenvalue weighted by Crippen LogP contribution is 2.43. The van der Waals surface area contributed by atoms with Crippen LogP contribution >= 0.6 is 0 Å². The molecule has 36 heavy (non-hydrogen) atoms. The van der Waals surface area contributed by atoms with Crippen molar-refractivity contribution < 1.29 is 14.7 Å². The van der Waals surface area contributed by atoms with Crippen molar-refractivity contribution in [2.24, 2.45) is 0 Å².